The van der Waals surface area contributed by atoms with Crippen molar-refractivity contribution in [1.29, 1.82) is 0 Å². The lowest BCUT2D eigenvalue weighted by molar-refractivity contribution is -0.249. The van der Waals surface area contributed by atoms with E-state index in [-0.39, 0.29) is 66.7 Å². The van der Waals surface area contributed by atoms with E-state index in [1.54, 1.807) is 24.3 Å². The molecule has 402 valence electrons. The number of Topliss-reactive ketones (excluding diaryl/α,β-unsaturated/α-hetero) is 1. The molecule has 0 spiro atoms. The maximum Gasteiger partial charge on any atom is 0.407 e. The van der Waals surface area contributed by atoms with Gasteiger partial charge in [0.2, 0.25) is 23.5 Å². The number of fused-ring (bicyclic) bond motifs is 3. The van der Waals surface area contributed by atoms with Gasteiger partial charge in [-0.1, -0.05) is 54.6 Å². The SMILES string of the molecule is C#CCCC(=O)NC(Cc1ccccc1)C(=O)NC(CCCCN)C(=O)Nc1ccc(COC(=O)NC2CC(OC3CC(O)(C(=O)CO)Cc4c(O)c5c(c(O)c43)C(=O)c3c(OC)cccc3C5=O)OC(C)C2O)cc1. The molecule has 1 heterocycles. The molecular formula is C55H61N5O16. The predicted molar refractivity (Wildman–Crippen MR) is 271 cm³/mol. The second-order valence-electron chi connectivity index (χ2n) is 18.9. The molecule has 21 nitrogen and oxygen atoms in total. The molecule has 8 unspecified atom stereocenters. The van der Waals surface area contributed by atoms with Crippen molar-refractivity contribution in [2.75, 3.05) is 25.6 Å². The fraction of sp³-hybridized carbons (Fsp3) is 0.400. The van der Waals surface area contributed by atoms with Gasteiger partial charge in [-0.25, -0.2) is 4.79 Å². The fourth-order valence-electron chi connectivity index (χ4n) is 9.66. The van der Waals surface area contributed by atoms with E-state index in [2.05, 4.69) is 27.2 Å². The predicted octanol–water partition coefficient (Wildman–Crippen LogP) is 2.66. The molecule has 8 atom stereocenters. The number of terminal acetylenes is 1. The Balaban J connectivity index is 1.00. The molecule has 0 bridgehead atoms. The number of nitrogens with one attached hydrogen (secondary N) is 4. The molecule has 1 aliphatic heterocycles. The Kier molecular flexibility index (Phi) is 18.3. The third-order valence-corrected chi connectivity index (χ3v) is 13.7. The lowest BCUT2D eigenvalue weighted by atomic mass is 9.72. The van der Waals surface area contributed by atoms with Gasteiger partial charge < -0.3 is 71.5 Å². The number of rotatable bonds is 21. The Morgan fingerprint density at radius 2 is 1.62 bits per heavy atom. The molecule has 4 aromatic carbocycles. The molecule has 1 fully saturated rings. The fourth-order valence-corrected chi connectivity index (χ4v) is 9.66. The lowest BCUT2D eigenvalue weighted by Crippen LogP contribution is -2.56. The van der Waals surface area contributed by atoms with E-state index in [0.29, 0.717) is 30.6 Å². The molecule has 1 saturated heterocycles. The van der Waals surface area contributed by atoms with Crippen molar-refractivity contribution in [1.82, 2.24) is 16.0 Å². The summed E-state index contributed by atoms with van der Waals surface area (Å²) in [6.45, 7) is 0.478. The molecule has 0 radical (unpaired) electrons. The van der Waals surface area contributed by atoms with Gasteiger partial charge >= 0.3 is 6.09 Å². The molecular weight excluding hydrogens is 987 g/mol. The number of hydrogen-bond donors (Lipinski definition) is 10. The highest BCUT2D eigenvalue weighted by molar-refractivity contribution is 6.31. The van der Waals surface area contributed by atoms with Crippen LogP contribution in [0.4, 0.5) is 10.5 Å². The molecule has 4 amide bonds. The summed E-state index contributed by atoms with van der Waals surface area (Å²) in [4.78, 5) is 94.3. The molecule has 76 heavy (non-hydrogen) atoms. The number of aromatic hydroxyl groups is 2. The number of carbonyl (C=O) groups is 7. The van der Waals surface area contributed by atoms with E-state index in [0.717, 1.165) is 5.56 Å². The van der Waals surface area contributed by atoms with Crippen LogP contribution in [0.2, 0.25) is 0 Å². The first-order valence-corrected chi connectivity index (χ1v) is 24.7. The summed E-state index contributed by atoms with van der Waals surface area (Å²) in [6.07, 6.45) is -0.680. The Morgan fingerprint density at radius 3 is 2.30 bits per heavy atom. The van der Waals surface area contributed by atoms with Gasteiger partial charge in [0, 0.05) is 60.9 Å². The number of ether oxygens (including phenoxy) is 4. The zero-order valence-electron chi connectivity index (χ0n) is 41.8. The Hall–Kier alpha value is -7.71. The second kappa shape index (κ2) is 24.8. The maximum atomic E-state index is 14.1. The van der Waals surface area contributed by atoms with Crippen LogP contribution in [-0.4, -0.2) is 129 Å². The molecule has 21 heteroatoms. The van der Waals surface area contributed by atoms with Crippen LogP contribution in [0.3, 0.4) is 0 Å². The quantitative estimate of drug-likeness (QED) is 0.0287. The zero-order chi connectivity index (χ0) is 54.8. The number of nitrogens with two attached hydrogens (primary N) is 1. The molecule has 11 N–H and O–H groups in total. The molecule has 3 aliphatic rings. The number of aliphatic hydroxyl groups is 3. The Labute approximate surface area is 437 Å². The highest BCUT2D eigenvalue weighted by Crippen LogP contribution is 2.52. The van der Waals surface area contributed by atoms with Crippen LogP contribution in [0.5, 0.6) is 17.2 Å². The minimum Gasteiger partial charge on any atom is -0.507 e. The van der Waals surface area contributed by atoms with Gasteiger partial charge in [-0.2, -0.15) is 0 Å². The van der Waals surface area contributed by atoms with Crippen molar-refractivity contribution in [3.05, 3.63) is 117 Å². The number of carbonyl (C=O) groups excluding carboxylic acids is 7. The van der Waals surface area contributed by atoms with Crippen LogP contribution in [-0.2, 0) is 52.8 Å². The van der Waals surface area contributed by atoms with Crippen LogP contribution >= 0.6 is 0 Å². The molecule has 7 rings (SSSR count). The van der Waals surface area contributed by atoms with E-state index in [1.807, 2.05) is 30.3 Å². The number of benzene rings is 4. The third kappa shape index (κ3) is 12.5. The van der Waals surface area contributed by atoms with Gasteiger partial charge in [0.25, 0.3) is 0 Å². The molecule has 2 aliphatic carbocycles. The van der Waals surface area contributed by atoms with Gasteiger partial charge in [0.05, 0.1) is 42.0 Å². The highest BCUT2D eigenvalue weighted by Gasteiger charge is 2.50. The van der Waals surface area contributed by atoms with E-state index in [1.165, 1.54) is 32.2 Å². The average molecular weight is 1050 g/mol. The first-order chi connectivity index (χ1) is 36.4. The van der Waals surface area contributed by atoms with Crippen molar-refractivity contribution < 1.29 is 78.0 Å². The molecule has 0 saturated carbocycles. The molecule has 0 aromatic heterocycles. The normalized spacial score (nSPS) is 21.3. The van der Waals surface area contributed by atoms with Crippen molar-refractivity contribution >= 4 is 46.9 Å². The number of ketones is 3. The van der Waals surface area contributed by atoms with E-state index < -0.39 is 132 Å². The maximum absolute atomic E-state index is 14.1. The highest BCUT2D eigenvalue weighted by atomic mass is 16.7. The Bertz CT molecular complexity index is 2890. The number of hydrogen-bond acceptors (Lipinski definition) is 17. The minimum absolute atomic E-state index is 0.0219. The smallest absolute Gasteiger partial charge is 0.407 e. The Morgan fingerprint density at radius 1 is 0.895 bits per heavy atom. The summed E-state index contributed by atoms with van der Waals surface area (Å²) in [6, 6.07) is 16.6. The van der Waals surface area contributed by atoms with Crippen LogP contribution in [0.1, 0.15) is 112 Å². The van der Waals surface area contributed by atoms with Gasteiger partial charge in [-0.3, -0.25) is 28.8 Å². The monoisotopic (exact) mass is 1050 g/mol. The number of aliphatic hydroxyl groups excluding tert-OH is 2. The third-order valence-electron chi connectivity index (χ3n) is 13.7. The number of phenolic OH excluding ortho intramolecular Hbond substituents is 2. The van der Waals surface area contributed by atoms with Crippen molar-refractivity contribution in [3.8, 4) is 29.6 Å². The number of alkyl carbamates (subject to hydrolysis) is 1. The van der Waals surface area contributed by atoms with Crippen LogP contribution < -0.4 is 31.7 Å². The molecule has 4 aromatic rings. The number of amides is 4. The number of phenols is 2. The second-order valence-corrected chi connectivity index (χ2v) is 18.9. The standard InChI is InChI=1S/C55H61N5O16/c1-4-5-17-41(63)58-37(23-30-12-7-6-8-13-30)53(70)59-35(15-9-10-22-56)52(69)57-32-20-18-31(19-21-32)28-74-54(71)60-36-24-42(75-29(2)47(36)64)76-39-26-55(72,40(62)27-61)25-34-44(39)51(68)46-45(49(34)66)48(65)33-14-11-16-38(73-3)43(33)50(46)67/h1,6-8,11-14,16,18-21,29,35-37,39,42,47,61,64,66,68,72H,5,9-10,15,17,22-28,56H2,2-3H3,(H,57,69)(H,58,63)(H,59,70)(H,60,71). The zero-order valence-corrected chi connectivity index (χ0v) is 41.8. The summed E-state index contributed by atoms with van der Waals surface area (Å²) in [7, 11) is 1.29. The van der Waals surface area contributed by atoms with Gasteiger partial charge in [0.1, 0.15) is 54.3 Å². The van der Waals surface area contributed by atoms with Crippen LogP contribution in [0.25, 0.3) is 0 Å². The summed E-state index contributed by atoms with van der Waals surface area (Å²) in [5.41, 5.74) is 3.03. The average Bonchev–Trinajstić information content (AvgIpc) is 3.40. The van der Waals surface area contributed by atoms with Gasteiger partial charge in [-0.15, -0.1) is 12.3 Å². The van der Waals surface area contributed by atoms with Crippen molar-refractivity contribution in [2.45, 2.75) is 120 Å². The number of methoxy groups -OCH3 is 1. The van der Waals surface area contributed by atoms with E-state index >= 15 is 0 Å². The van der Waals surface area contributed by atoms with Crippen molar-refractivity contribution in [2.24, 2.45) is 5.73 Å². The summed E-state index contributed by atoms with van der Waals surface area (Å²) >= 11 is 0. The summed E-state index contributed by atoms with van der Waals surface area (Å²) in [5, 5.41) is 67.1. The minimum atomic E-state index is -2.40. The summed E-state index contributed by atoms with van der Waals surface area (Å²) in [5.74, 6) is -3.38. The number of unbranched alkanes of at least 4 members (excludes halogenated alkanes) is 1. The first kappa shape index (κ1) is 56.0. The first-order valence-electron chi connectivity index (χ1n) is 24.7. The van der Waals surface area contributed by atoms with Crippen LogP contribution in [0.15, 0.2) is 72.8 Å². The topological polar surface area (TPSA) is 332 Å². The van der Waals surface area contributed by atoms with Gasteiger partial charge in [-0.05, 0) is 62.1 Å². The number of anilines is 1. The summed E-state index contributed by atoms with van der Waals surface area (Å²) < 4.78 is 23.0. The van der Waals surface area contributed by atoms with E-state index in [4.69, 9.17) is 31.1 Å². The van der Waals surface area contributed by atoms with E-state index in [9.17, 15) is 59.1 Å². The van der Waals surface area contributed by atoms with Crippen molar-refractivity contribution in [3.63, 3.8) is 0 Å². The lowest BCUT2D eigenvalue weighted by Gasteiger charge is -2.42. The van der Waals surface area contributed by atoms with Crippen LogP contribution in [0, 0.1) is 12.3 Å². The van der Waals surface area contributed by atoms with Gasteiger partial charge in [0.15, 0.2) is 17.9 Å². The largest absolute Gasteiger partial charge is 0.507 e.